The third-order valence-electron chi connectivity index (χ3n) is 2.47. The van der Waals surface area contributed by atoms with Crippen LogP contribution in [0.4, 0.5) is 0 Å². The van der Waals surface area contributed by atoms with E-state index in [9.17, 15) is 0 Å². The van der Waals surface area contributed by atoms with Crippen LogP contribution in [0.1, 0.15) is 26.3 Å². The summed E-state index contributed by atoms with van der Waals surface area (Å²) in [4.78, 5) is 4.42. The van der Waals surface area contributed by atoms with Gasteiger partial charge in [0.25, 0.3) is 0 Å². The molecule has 0 saturated heterocycles. The van der Waals surface area contributed by atoms with Crippen molar-refractivity contribution in [2.75, 3.05) is 6.54 Å². The van der Waals surface area contributed by atoms with E-state index in [-0.39, 0.29) is 5.41 Å². The highest BCUT2D eigenvalue weighted by molar-refractivity contribution is 5.33. The molecule has 0 bridgehead atoms. The molecule has 0 aromatic heterocycles. The molecule has 1 nitrogen and oxygen atoms in total. The molecule has 1 aromatic carbocycles. The van der Waals surface area contributed by atoms with Gasteiger partial charge in [0.1, 0.15) is 0 Å². The lowest BCUT2D eigenvalue weighted by atomic mass is 9.87. The molecule has 68 valence electrons. The second-order valence-electron chi connectivity index (χ2n) is 4.57. The standard InChI is InChI=1S/C12H15N/c1-12(2,3)10-5-4-9-6-7-13-11(9)8-10/h4-6,8H,7H2,1-3H3. The third-order valence-corrected chi connectivity index (χ3v) is 2.47. The molecule has 0 saturated carbocycles. The van der Waals surface area contributed by atoms with E-state index >= 15 is 0 Å². The second kappa shape index (κ2) is 2.69. The first-order valence-electron chi connectivity index (χ1n) is 4.72. The van der Waals surface area contributed by atoms with Crippen LogP contribution in [0.3, 0.4) is 0 Å². The van der Waals surface area contributed by atoms with Crippen molar-refractivity contribution in [1.29, 1.82) is 0 Å². The monoisotopic (exact) mass is 173 g/mol. The zero-order chi connectivity index (χ0) is 9.47. The molecule has 2 rings (SSSR count). The largest absolute Gasteiger partial charge is 0.281 e. The van der Waals surface area contributed by atoms with Gasteiger partial charge in [-0.25, -0.2) is 0 Å². The molecule has 0 fully saturated rings. The van der Waals surface area contributed by atoms with E-state index in [1.54, 1.807) is 0 Å². The Morgan fingerprint density at radius 3 is 2.69 bits per heavy atom. The lowest BCUT2D eigenvalue weighted by Crippen LogP contribution is -2.24. The minimum Gasteiger partial charge on any atom is -0.281 e. The van der Waals surface area contributed by atoms with Crippen molar-refractivity contribution in [3.63, 3.8) is 0 Å². The number of benzene rings is 1. The van der Waals surface area contributed by atoms with Crippen molar-refractivity contribution in [3.8, 4) is 0 Å². The van der Waals surface area contributed by atoms with E-state index in [2.05, 4.69) is 50.0 Å². The van der Waals surface area contributed by atoms with Crippen LogP contribution in [-0.4, -0.2) is 6.54 Å². The summed E-state index contributed by atoms with van der Waals surface area (Å²) in [5.41, 5.74) is 1.60. The molecule has 0 atom stereocenters. The second-order valence-corrected chi connectivity index (χ2v) is 4.57. The van der Waals surface area contributed by atoms with Crippen LogP contribution in [0.15, 0.2) is 23.2 Å². The molecule has 1 aromatic rings. The van der Waals surface area contributed by atoms with Crippen LogP contribution in [0.2, 0.25) is 0 Å². The molecule has 1 aliphatic rings. The Morgan fingerprint density at radius 2 is 2.00 bits per heavy atom. The van der Waals surface area contributed by atoms with Crippen molar-refractivity contribution in [1.82, 2.24) is 0 Å². The van der Waals surface area contributed by atoms with Crippen LogP contribution < -0.4 is 10.6 Å². The lowest BCUT2D eigenvalue weighted by Gasteiger charge is -2.18. The SMILES string of the molecule is CC(C)(C)c1ccc2c(c1)=NCC=2. The van der Waals surface area contributed by atoms with E-state index in [4.69, 9.17) is 0 Å². The quantitative estimate of drug-likeness (QED) is 0.562. The van der Waals surface area contributed by atoms with Gasteiger partial charge in [-0.1, -0.05) is 39.0 Å². The van der Waals surface area contributed by atoms with Crippen LogP contribution in [0.5, 0.6) is 0 Å². The van der Waals surface area contributed by atoms with Gasteiger partial charge in [-0.3, -0.25) is 4.99 Å². The minimum absolute atomic E-state index is 0.229. The maximum Gasteiger partial charge on any atom is 0.0650 e. The van der Waals surface area contributed by atoms with Gasteiger partial charge in [0.05, 0.1) is 11.9 Å². The lowest BCUT2D eigenvalue weighted by molar-refractivity contribution is 0.589. The molecule has 0 N–H and O–H groups in total. The number of fused-ring (bicyclic) bond motifs is 1. The first-order chi connectivity index (χ1) is 6.07. The maximum atomic E-state index is 4.42. The van der Waals surface area contributed by atoms with Crippen LogP contribution in [0, 0.1) is 0 Å². The predicted molar refractivity (Wildman–Crippen MR) is 55.3 cm³/mol. The number of rotatable bonds is 0. The summed E-state index contributed by atoms with van der Waals surface area (Å²) in [5, 5.41) is 2.44. The van der Waals surface area contributed by atoms with Crippen LogP contribution in [-0.2, 0) is 5.41 Å². The average molecular weight is 173 g/mol. The Morgan fingerprint density at radius 1 is 1.23 bits per heavy atom. The normalized spacial score (nSPS) is 14.7. The highest BCUT2D eigenvalue weighted by atomic mass is 14.7. The van der Waals surface area contributed by atoms with E-state index < -0.39 is 0 Å². The van der Waals surface area contributed by atoms with Crippen molar-refractivity contribution < 1.29 is 0 Å². The first-order valence-corrected chi connectivity index (χ1v) is 4.72. The molecule has 0 amide bonds. The minimum atomic E-state index is 0.229. The Labute approximate surface area is 78.8 Å². The molecule has 0 spiro atoms. The Balaban J connectivity index is 2.62. The molecule has 0 aliphatic carbocycles. The van der Waals surface area contributed by atoms with Crippen molar-refractivity contribution in [2.24, 2.45) is 4.99 Å². The van der Waals surface area contributed by atoms with Gasteiger partial charge in [0.15, 0.2) is 0 Å². The number of nitrogens with zero attached hydrogens (tertiary/aromatic N) is 1. The fourth-order valence-electron chi connectivity index (χ4n) is 1.56. The zero-order valence-electron chi connectivity index (χ0n) is 8.46. The molecule has 1 aliphatic heterocycles. The molecular formula is C12H15N. The van der Waals surface area contributed by atoms with Gasteiger partial charge in [0.2, 0.25) is 0 Å². The summed E-state index contributed by atoms with van der Waals surface area (Å²) in [6.07, 6.45) is 2.17. The first kappa shape index (κ1) is 8.49. The van der Waals surface area contributed by atoms with Crippen LogP contribution in [0.25, 0.3) is 6.08 Å². The van der Waals surface area contributed by atoms with Gasteiger partial charge >= 0.3 is 0 Å². The summed E-state index contributed by atoms with van der Waals surface area (Å²) in [6, 6.07) is 6.58. The van der Waals surface area contributed by atoms with E-state index in [0.717, 1.165) is 11.9 Å². The van der Waals surface area contributed by atoms with Crippen molar-refractivity contribution in [3.05, 3.63) is 34.3 Å². The van der Waals surface area contributed by atoms with E-state index in [0.29, 0.717) is 0 Å². The summed E-state index contributed by atoms with van der Waals surface area (Å²) >= 11 is 0. The molecule has 0 radical (unpaired) electrons. The molecular weight excluding hydrogens is 158 g/mol. The number of hydrogen-bond donors (Lipinski definition) is 0. The van der Waals surface area contributed by atoms with Gasteiger partial charge in [-0.05, 0) is 22.3 Å². The molecule has 0 unspecified atom stereocenters. The number of hydrogen-bond acceptors (Lipinski definition) is 1. The molecule has 13 heavy (non-hydrogen) atoms. The highest BCUT2D eigenvalue weighted by Gasteiger charge is 2.13. The summed E-state index contributed by atoms with van der Waals surface area (Å²) < 4.78 is 0. The van der Waals surface area contributed by atoms with Crippen molar-refractivity contribution >= 4 is 6.08 Å². The van der Waals surface area contributed by atoms with Crippen molar-refractivity contribution in [2.45, 2.75) is 26.2 Å². The zero-order valence-corrected chi connectivity index (χ0v) is 8.46. The summed E-state index contributed by atoms with van der Waals surface area (Å²) in [6.45, 7) is 7.54. The Kier molecular flexibility index (Phi) is 1.76. The predicted octanol–water partition coefficient (Wildman–Crippen LogP) is 1.40. The highest BCUT2D eigenvalue weighted by Crippen LogP contribution is 2.19. The van der Waals surface area contributed by atoms with Gasteiger partial charge < -0.3 is 0 Å². The fourth-order valence-corrected chi connectivity index (χ4v) is 1.56. The maximum absolute atomic E-state index is 4.42. The summed E-state index contributed by atoms with van der Waals surface area (Å²) in [7, 11) is 0. The third kappa shape index (κ3) is 1.51. The van der Waals surface area contributed by atoms with E-state index in [1.807, 2.05) is 0 Å². The Hall–Kier alpha value is -1.11. The fraction of sp³-hybridized carbons (Fsp3) is 0.417. The average Bonchev–Trinajstić information content (AvgIpc) is 2.47. The molecule has 1 heteroatoms. The smallest absolute Gasteiger partial charge is 0.0650 e. The van der Waals surface area contributed by atoms with Gasteiger partial charge in [-0.2, -0.15) is 0 Å². The molecule has 1 heterocycles. The van der Waals surface area contributed by atoms with E-state index in [1.165, 1.54) is 10.8 Å². The van der Waals surface area contributed by atoms with Crippen LogP contribution >= 0.6 is 0 Å². The Bertz CT molecular complexity index is 435. The van der Waals surface area contributed by atoms with Gasteiger partial charge in [0, 0.05) is 0 Å². The summed E-state index contributed by atoms with van der Waals surface area (Å²) in [5.74, 6) is 0. The van der Waals surface area contributed by atoms with Gasteiger partial charge in [-0.15, -0.1) is 0 Å². The topological polar surface area (TPSA) is 12.4 Å².